The predicted molar refractivity (Wildman–Crippen MR) is 61.2 cm³/mol. The van der Waals surface area contributed by atoms with Crippen LogP contribution in [0.1, 0.15) is 42.4 Å². The summed E-state index contributed by atoms with van der Waals surface area (Å²) in [6.07, 6.45) is 4.68. The van der Waals surface area contributed by atoms with Gasteiger partial charge in [0, 0.05) is 5.92 Å². The smallest absolute Gasteiger partial charge is 0.310 e. The Bertz CT molecular complexity index is 556. The number of aromatic nitrogens is 4. The number of carbonyl (C=O) groups is 1. The van der Waals surface area contributed by atoms with E-state index in [1.54, 1.807) is 4.52 Å². The van der Waals surface area contributed by atoms with E-state index >= 15 is 0 Å². The van der Waals surface area contributed by atoms with Gasteiger partial charge in [-0.3, -0.25) is 4.79 Å². The van der Waals surface area contributed by atoms with Crippen LogP contribution in [0.3, 0.4) is 0 Å². The van der Waals surface area contributed by atoms with Crippen molar-refractivity contribution in [3.05, 3.63) is 10.8 Å². The number of carboxylic acid groups (broad SMARTS) is 1. The number of rotatable bonds is 3. The van der Waals surface area contributed by atoms with Crippen LogP contribution in [-0.4, -0.2) is 30.9 Å². The van der Waals surface area contributed by atoms with E-state index in [1.165, 1.54) is 24.2 Å². The van der Waals surface area contributed by atoms with Gasteiger partial charge in [0.25, 0.3) is 0 Å². The van der Waals surface area contributed by atoms with Gasteiger partial charge in [-0.1, -0.05) is 24.2 Å². The molecule has 90 valence electrons. The molecular formula is C10H12N4O2S. The molecule has 1 fully saturated rings. The third-order valence-electron chi connectivity index (χ3n) is 3.08. The number of hydrogen-bond donors (Lipinski definition) is 1. The topological polar surface area (TPSA) is 80.4 Å². The number of nitrogens with zero attached hydrogens (tertiary/aromatic N) is 4. The van der Waals surface area contributed by atoms with E-state index in [9.17, 15) is 4.79 Å². The maximum absolute atomic E-state index is 10.6. The Morgan fingerprint density at radius 3 is 2.88 bits per heavy atom. The first-order valence-corrected chi connectivity index (χ1v) is 6.48. The standard InChI is InChI=1S/C10H12N4O2S/c15-8(16)5-7-13-14-9(6-3-1-2-4-6)11-12-10(14)17-7/h6H,1-5H2,(H,15,16). The summed E-state index contributed by atoms with van der Waals surface area (Å²) >= 11 is 1.30. The molecule has 1 aliphatic carbocycles. The van der Waals surface area contributed by atoms with E-state index in [-0.39, 0.29) is 6.42 Å². The fourth-order valence-corrected chi connectivity index (χ4v) is 3.14. The maximum Gasteiger partial charge on any atom is 0.310 e. The molecule has 6 nitrogen and oxygen atoms in total. The Morgan fingerprint density at radius 1 is 1.41 bits per heavy atom. The Morgan fingerprint density at radius 2 is 2.18 bits per heavy atom. The minimum Gasteiger partial charge on any atom is -0.481 e. The largest absolute Gasteiger partial charge is 0.481 e. The molecule has 0 aromatic carbocycles. The lowest BCUT2D eigenvalue weighted by atomic mass is 10.1. The number of fused-ring (bicyclic) bond motifs is 1. The Kier molecular flexibility index (Phi) is 2.54. The van der Waals surface area contributed by atoms with Crippen LogP contribution in [0, 0.1) is 0 Å². The van der Waals surface area contributed by atoms with Gasteiger partial charge in [-0.15, -0.1) is 10.2 Å². The average Bonchev–Trinajstić information content (AvgIpc) is 2.89. The Balaban J connectivity index is 1.96. The van der Waals surface area contributed by atoms with Crippen molar-refractivity contribution >= 4 is 22.3 Å². The number of hydrogen-bond acceptors (Lipinski definition) is 5. The molecule has 2 aromatic rings. The SMILES string of the molecule is O=C(O)Cc1nn2c(C3CCCC3)nnc2s1. The van der Waals surface area contributed by atoms with Gasteiger partial charge < -0.3 is 5.11 Å². The summed E-state index contributed by atoms with van der Waals surface area (Å²) in [5, 5.41) is 21.8. The van der Waals surface area contributed by atoms with Crippen LogP contribution in [-0.2, 0) is 11.2 Å². The summed E-state index contributed by atoms with van der Waals surface area (Å²) in [5.74, 6) is 0.465. The normalized spacial score (nSPS) is 16.9. The minimum atomic E-state index is -0.864. The zero-order valence-corrected chi connectivity index (χ0v) is 9.98. The van der Waals surface area contributed by atoms with E-state index in [4.69, 9.17) is 5.11 Å². The summed E-state index contributed by atoms with van der Waals surface area (Å²) in [6, 6.07) is 0. The lowest BCUT2D eigenvalue weighted by Gasteiger charge is -2.03. The minimum absolute atomic E-state index is 0.0435. The van der Waals surface area contributed by atoms with Crippen LogP contribution in [0.2, 0.25) is 0 Å². The molecule has 3 rings (SSSR count). The van der Waals surface area contributed by atoms with Gasteiger partial charge in [-0.05, 0) is 12.8 Å². The predicted octanol–water partition coefficient (Wildman–Crippen LogP) is 1.47. The zero-order chi connectivity index (χ0) is 11.8. The van der Waals surface area contributed by atoms with Crippen molar-refractivity contribution in [2.45, 2.75) is 38.0 Å². The van der Waals surface area contributed by atoms with Crippen LogP contribution < -0.4 is 0 Å². The molecule has 7 heteroatoms. The second-order valence-electron chi connectivity index (χ2n) is 4.30. The van der Waals surface area contributed by atoms with Crippen molar-refractivity contribution in [2.24, 2.45) is 0 Å². The number of carboxylic acids is 1. The molecule has 1 saturated carbocycles. The van der Waals surface area contributed by atoms with E-state index < -0.39 is 5.97 Å². The van der Waals surface area contributed by atoms with Crippen molar-refractivity contribution in [2.75, 3.05) is 0 Å². The summed E-state index contributed by atoms with van der Waals surface area (Å²) in [4.78, 5) is 11.3. The monoisotopic (exact) mass is 252 g/mol. The molecule has 0 spiro atoms. The van der Waals surface area contributed by atoms with Gasteiger partial charge >= 0.3 is 5.97 Å². The summed E-state index contributed by atoms with van der Waals surface area (Å²) < 4.78 is 1.72. The highest BCUT2D eigenvalue weighted by molar-refractivity contribution is 7.16. The van der Waals surface area contributed by atoms with Crippen LogP contribution in [0.4, 0.5) is 0 Å². The molecule has 17 heavy (non-hydrogen) atoms. The number of aliphatic carboxylic acids is 1. The second kappa shape index (κ2) is 4.06. The molecule has 0 bridgehead atoms. The van der Waals surface area contributed by atoms with E-state index in [0.717, 1.165) is 18.7 Å². The van der Waals surface area contributed by atoms with Crippen molar-refractivity contribution < 1.29 is 9.90 Å². The Hall–Kier alpha value is -1.50. The van der Waals surface area contributed by atoms with Crippen LogP contribution >= 0.6 is 11.3 Å². The van der Waals surface area contributed by atoms with Crippen molar-refractivity contribution in [1.82, 2.24) is 19.8 Å². The van der Waals surface area contributed by atoms with E-state index in [1.807, 2.05) is 0 Å². The second-order valence-corrected chi connectivity index (χ2v) is 5.34. The summed E-state index contributed by atoms with van der Waals surface area (Å²) in [6.45, 7) is 0. The molecule has 0 unspecified atom stereocenters. The van der Waals surface area contributed by atoms with Gasteiger partial charge in [0.1, 0.15) is 5.01 Å². The first kappa shape index (κ1) is 10.6. The van der Waals surface area contributed by atoms with Gasteiger partial charge in [-0.2, -0.15) is 9.61 Å². The third-order valence-corrected chi connectivity index (χ3v) is 3.98. The molecule has 0 amide bonds. The first-order chi connectivity index (χ1) is 8.24. The molecule has 0 aliphatic heterocycles. The molecule has 2 aromatic heterocycles. The van der Waals surface area contributed by atoms with Crippen molar-refractivity contribution in [1.29, 1.82) is 0 Å². The molecule has 1 aliphatic rings. The van der Waals surface area contributed by atoms with Crippen molar-refractivity contribution in [3.63, 3.8) is 0 Å². The van der Waals surface area contributed by atoms with Crippen molar-refractivity contribution in [3.8, 4) is 0 Å². The van der Waals surface area contributed by atoms with E-state index in [0.29, 0.717) is 15.9 Å². The molecule has 0 atom stereocenters. The lowest BCUT2D eigenvalue weighted by Crippen LogP contribution is -2.04. The van der Waals surface area contributed by atoms with Gasteiger partial charge in [0.2, 0.25) is 4.96 Å². The summed E-state index contributed by atoms with van der Waals surface area (Å²) in [5.41, 5.74) is 0. The quantitative estimate of drug-likeness (QED) is 0.894. The fraction of sp³-hybridized carbons (Fsp3) is 0.600. The van der Waals surface area contributed by atoms with Crippen LogP contribution in [0.25, 0.3) is 4.96 Å². The highest BCUT2D eigenvalue weighted by atomic mass is 32.1. The van der Waals surface area contributed by atoms with Gasteiger partial charge in [0.05, 0.1) is 6.42 Å². The van der Waals surface area contributed by atoms with Crippen LogP contribution in [0.15, 0.2) is 0 Å². The van der Waals surface area contributed by atoms with Crippen LogP contribution in [0.5, 0.6) is 0 Å². The zero-order valence-electron chi connectivity index (χ0n) is 9.17. The van der Waals surface area contributed by atoms with E-state index in [2.05, 4.69) is 15.3 Å². The molecular weight excluding hydrogens is 240 g/mol. The lowest BCUT2D eigenvalue weighted by molar-refractivity contribution is -0.136. The third kappa shape index (κ3) is 1.90. The first-order valence-electron chi connectivity index (χ1n) is 5.67. The average molecular weight is 252 g/mol. The highest BCUT2D eigenvalue weighted by Crippen LogP contribution is 2.33. The molecule has 0 radical (unpaired) electrons. The molecule has 0 saturated heterocycles. The molecule has 1 N–H and O–H groups in total. The highest BCUT2D eigenvalue weighted by Gasteiger charge is 2.24. The summed E-state index contributed by atoms with van der Waals surface area (Å²) in [7, 11) is 0. The molecule has 2 heterocycles. The maximum atomic E-state index is 10.6. The van der Waals surface area contributed by atoms with Gasteiger partial charge in [0.15, 0.2) is 5.82 Å². The fourth-order valence-electron chi connectivity index (χ4n) is 2.31. The Labute approximate surface area is 101 Å². The van der Waals surface area contributed by atoms with Gasteiger partial charge in [-0.25, -0.2) is 0 Å².